The third kappa shape index (κ3) is 2.25. The van der Waals surface area contributed by atoms with Gasteiger partial charge in [0.2, 0.25) is 0 Å². The van der Waals surface area contributed by atoms with Gasteiger partial charge in [-0.3, -0.25) is 0 Å². The van der Waals surface area contributed by atoms with Gasteiger partial charge in [-0.05, 0) is 24.6 Å². The quantitative estimate of drug-likeness (QED) is 0.827. The lowest BCUT2D eigenvalue weighted by Gasteiger charge is -2.06. The molecule has 1 aromatic heterocycles. The maximum atomic E-state index is 10.7. The van der Waals surface area contributed by atoms with Crippen LogP contribution in [0.3, 0.4) is 0 Å². The Morgan fingerprint density at radius 1 is 1.29 bits per heavy atom. The fourth-order valence-corrected chi connectivity index (χ4v) is 1.65. The Morgan fingerprint density at radius 3 is 2.65 bits per heavy atom. The number of nitrogens with zero attached hydrogens (tertiary/aromatic N) is 1. The number of hydrogen-bond donors (Lipinski definition) is 2. The Labute approximate surface area is 98.7 Å². The maximum absolute atomic E-state index is 10.7. The first-order valence-electron chi connectivity index (χ1n) is 5.15. The molecule has 86 valence electrons. The molecule has 0 aliphatic rings. The summed E-state index contributed by atoms with van der Waals surface area (Å²) in [6.45, 7) is 1.98. The number of rotatable bonds is 2. The van der Waals surface area contributed by atoms with Crippen LogP contribution < -0.4 is 5.73 Å². The summed E-state index contributed by atoms with van der Waals surface area (Å²) in [4.78, 5) is 14.6. The van der Waals surface area contributed by atoms with Crippen LogP contribution >= 0.6 is 0 Å². The zero-order valence-corrected chi connectivity index (χ0v) is 9.34. The molecule has 0 aliphatic carbocycles. The molecule has 0 aliphatic heterocycles. The molecule has 2 aromatic rings. The molecular formula is C13H12N2O2. The second-order valence-corrected chi connectivity index (χ2v) is 3.80. The first-order chi connectivity index (χ1) is 8.08. The summed E-state index contributed by atoms with van der Waals surface area (Å²) < 4.78 is 0. The van der Waals surface area contributed by atoms with E-state index in [-0.39, 0.29) is 11.5 Å². The summed E-state index contributed by atoms with van der Waals surface area (Å²) in [6.07, 6.45) is 0. The zero-order valence-electron chi connectivity index (χ0n) is 9.34. The normalized spacial score (nSPS) is 10.2. The van der Waals surface area contributed by atoms with Crippen molar-refractivity contribution < 1.29 is 9.90 Å². The second-order valence-electron chi connectivity index (χ2n) is 3.80. The van der Waals surface area contributed by atoms with Crippen LogP contribution in [0.1, 0.15) is 16.1 Å². The predicted molar refractivity (Wildman–Crippen MR) is 65.8 cm³/mol. The van der Waals surface area contributed by atoms with Crippen molar-refractivity contribution in [1.82, 2.24) is 4.98 Å². The summed E-state index contributed by atoms with van der Waals surface area (Å²) in [5.74, 6) is -0.844. The van der Waals surface area contributed by atoms with Gasteiger partial charge >= 0.3 is 5.97 Å². The highest BCUT2D eigenvalue weighted by Gasteiger charge is 2.09. The van der Waals surface area contributed by atoms with Crippen LogP contribution in [0, 0.1) is 6.92 Å². The number of aryl methyl sites for hydroxylation is 1. The van der Waals surface area contributed by atoms with Gasteiger partial charge in [0.25, 0.3) is 0 Å². The zero-order chi connectivity index (χ0) is 12.4. The third-order valence-corrected chi connectivity index (χ3v) is 2.47. The average Bonchev–Trinajstić information content (AvgIpc) is 2.28. The van der Waals surface area contributed by atoms with Gasteiger partial charge in [0.05, 0.1) is 0 Å². The number of hydrogen-bond acceptors (Lipinski definition) is 3. The van der Waals surface area contributed by atoms with Gasteiger partial charge in [-0.2, -0.15) is 0 Å². The molecule has 3 N–H and O–H groups in total. The minimum atomic E-state index is -1.08. The van der Waals surface area contributed by atoms with Crippen LogP contribution in [0.4, 0.5) is 5.82 Å². The molecule has 1 aromatic carbocycles. The Balaban J connectivity index is 2.50. The van der Waals surface area contributed by atoms with Crippen molar-refractivity contribution in [2.24, 2.45) is 0 Å². The summed E-state index contributed by atoms with van der Waals surface area (Å²) in [7, 11) is 0. The van der Waals surface area contributed by atoms with Gasteiger partial charge < -0.3 is 10.8 Å². The van der Waals surface area contributed by atoms with E-state index in [1.807, 2.05) is 31.2 Å². The lowest BCUT2D eigenvalue weighted by atomic mass is 10.0. The number of carbonyl (C=O) groups is 1. The molecule has 1 heterocycles. The van der Waals surface area contributed by atoms with Crippen molar-refractivity contribution in [1.29, 1.82) is 0 Å². The highest BCUT2D eigenvalue weighted by atomic mass is 16.4. The predicted octanol–water partition coefficient (Wildman–Crippen LogP) is 2.34. The molecule has 4 heteroatoms. The van der Waals surface area contributed by atoms with Crippen LogP contribution in [0.25, 0.3) is 11.1 Å². The molecule has 0 saturated heterocycles. The molecule has 4 nitrogen and oxygen atoms in total. The van der Waals surface area contributed by atoms with Crippen LogP contribution in [-0.2, 0) is 0 Å². The molecule has 2 rings (SSSR count). The molecule has 0 fully saturated rings. The van der Waals surface area contributed by atoms with Gasteiger partial charge in [-0.25, -0.2) is 9.78 Å². The van der Waals surface area contributed by atoms with E-state index >= 15 is 0 Å². The van der Waals surface area contributed by atoms with Gasteiger partial charge in [-0.1, -0.05) is 29.8 Å². The van der Waals surface area contributed by atoms with E-state index < -0.39 is 5.97 Å². The summed E-state index contributed by atoms with van der Waals surface area (Å²) in [5.41, 5.74) is 8.52. The van der Waals surface area contributed by atoms with Crippen molar-refractivity contribution in [3.63, 3.8) is 0 Å². The molecule has 0 bridgehead atoms. The Bertz CT molecular complexity index is 579. The van der Waals surface area contributed by atoms with Gasteiger partial charge in [0.15, 0.2) is 5.69 Å². The van der Waals surface area contributed by atoms with Crippen LogP contribution in [-0.4, -0.2) is 16.1 Å². The monoisotopic (exact) mass is 228 g/mol. The Kier molecular flexibility index (Phi) is 2.78. The molecule has 0 atom stereocenters. The van der Waals surface area contributed by atoms with Gasteiger partial charge in [0.1, 0.15) is 5.82 Å². The fraction of sp³-hybridized carbons (Fsp3) is 0.0769. The highest BCUT2D eigenvalue weighted by molar-refractivity contribution is 5.87. The number of carboxylic acid groups (broad SMARTS) is 1. The molecule has 0 amide bonds. The number of anilines is 1. The van der Waals surface area contributed by atoms with Crippen molar-refractivity contribution in [3.05, 3.63) is 47.7 Å². The molecular weight excluding hydrogens is 216 g/mol. The molecule has 0 radical (unpaired) electrons. The summed E-state index contributed by atoms with van der Waals surface area (Å²) in [6, 6.07) is 10.9. The van der Waals surface area contributed by atoms with E-state index in [0.717, 1.165) is 16.7 Å². The summed E-state index contributed by atoms with van der Waals surface area (Å²) >= 11 is 0. The average molecular weight is 228 g/mol. The van der Waals surface area contributed by atoms with Crippen molar-refractivity contribution in [2.45, 2.75) is 6.92 Å². The third-order valence-electron chi connectivity index (χ3n) is 2.47. The highest BCUT2D eigenvalue weighted by Crippen LogP contribution is 2.25. The number of carboxylic acids is 1. The van der Waals surface area contributed by atoms with E-state index in [1.165, 1.54) is 6.07 Å². The van der Waals surface area contributed by atoms with E-state index in [4.69, 9.17) is 10.8 Å². The number of nitrogen functional groups attached to an aromatic ring is 1. The number of aromatic nitrogens is 1. The molecule has 0 saturated carbocycles. The molecule has 17 heavy (non-hydrogen) atoms. The van der Waals surface area contributed by atoms with E-state index in [9.17, 15) is 4.79 Å². The Morgan fingerprint density at radius 2 is 2.06 bits per heavy atom. The lowest BCUT2D eigenvalue weighted by Crippen LogP contribution is -2.04. The van der Waals surface area contributed by atoms with Crippen molar-refractivity contribution >= 4 is 11.8 Å². The van der Waals surface area contributed by atoms with Gasteiger partial charge in [0, 0.05) is 5.56 Å². The fourth-order valence-electron chi connectivity index (χ4n) is 1.65. The minimum Gasteiger partial charge on any atom is -0.477 e. The number of benzene rings is 1. The van der Waals surface area contributed by atoms with Gasteiger partial charge in [-0.15, -0.1) is 0 Å². The smallest absolute Gasteiger partial charge is 0.354 e. The molecule has 0 unspecified atom stereocenters. The van der Waals surface area contributed by atoms with Crippen molar-refractivity contribution in [2.75, 3.05) is 5.73 Å². The second kappa shape index (κ2) is 4.25. The topological polar surface area (TPSA) is 76.2 Å². The Hall–Kier alpha value is -2.36. The number of aromatic carboxylic acids is 1. The first-order valence-corrected chi connectivity index (χ1v) is 5.15. The van der Waals surface area contributed by atoms with Crippen LogP contribution in [0.2, 0.25) is 0 Å². The number of pyridine rings is 1. The van der Waals surface area contributed by atoms with E-state index in [1.54, 1.807) is 6.07 Å². The van der Waals surface area contributed by atoms with E-state index in [0.29, 0.717) is 0 Å². The maximum Gasteiger partial charge on any atom is 0.354 e. The largest absolute Gasteiger partial charge is 0.477 e. The SMILES string of the molecule is Cc1cccc(-c2ccc(C(=O)O)nc2N)c1. The number of nitrogens with two attached hydrogens (primary N) is 1. The standard InChI is InChI=1S/C13H12N2O2/c1-8-3-2-4-9(7-8)10-5-6-11(13(16)17)15-12(10)14/h2-7H,1H3,(H2,14,15)(H,16,17). The lowest BCUT2D eigenvalue weighted by molar-refractivity contribution is 0.0690. The molecule has 0 spiro atoms. The first kappa shape index (κ1) is 11.1. The van der Waals surface area contributed by atoms with Crippen LogP contribution in [0.15, 0.2) is 36.4 Å². The van der Waals surface area contributed by atoms with Crippen molar-refractivity contribution in [3.8, 4) is 11.1 Å². The van der Waals surface area contributed by atoms with Crippen LogP contribution in [0.5, 0.6) is 0 Å². The van der Waals surface area contributed by atoms with E-state index in [2.05, 4.69) is 4.98 Å². The minimum absolute atomic E-state index is 0.0427. The summed E-state index contributed by atoms with van der Waals surface area (Å²) in [5, 5.41) is 8.80.